The number of ether oxygens (including phenoxy) is 8. The zero-order chi connectivity index (χ0) is 59.7. The summed E-state index contributed by atoms with van der Waals surface area (Å²) < 4.78 is 68.8. The highest BCUT2D eigenvalue weighted by Gasteiger charge is 2.60. The summed E-state index contributed by atoms with van der Waals surface area (Å²) in [6.45, 7) is 16.9. The van der Waals surface area contributed by atoms with E-state index in [9.17, 15) is 19.8 Å². The van der Waals surface area contributed by atoms with Crippen LogP contribution in [0.4, 0.5) is 4.39 Å². The Labute approximate surface area is 481 Å². The predicted molar refractivity (Wildman–Crippen MR) is 301 cm³/mol. The number of fused-ring (bicyclic) bond motifs is 4. The van der Waals surface area contributed by atoms with Gasteiger partial charge >= 0.3 is 11.9 Å². The molecule has 0 aliphatic carbocycles. The zero-order valence-electron chi connectivity index (χ0n) is 50.0. The molecule has 0 radical (unpaired) electrons. The minimum Gasteiger partial charge on any atom is -0.458 e. The van der Waals surface area contributed by atoms with E-state index in [0.29, 0.717) is 37.9 Å². The Morgan fingerprint density at radius 1 is 0.951 bits per heavy atom. The highest BCUT2D eigenvalue weighted by molar-refractivity contribution is 5.91. The highest BCUT2D eigenvalue weighted by atomic mass is 19.1. The molecule has 3 saturated heterocycles. The standard InChI is InChI=1S/C60H89FN8O13/c1-14-46-60(9)40(24-47(70)82-60)33(4)50-31(2)25-59(8,77-13)54(49(41(62)29-65-50)48(34(5)56(74)80-46)45-26-58(7,76-12)53(72)35(6)79-45)81-57-51(71)43(23-32(3)78-57)68(10)22-21-39-30-69(67-66-39)44(27-61)52(75-11)37-17-15-36(16-18-37)38-19-20-42(55(63)73)64-28-38/h15-20,28,30-35,40-41,43-46,48-49,51-54,57,71-72H,14,21-27,29,62H2,1-13H3,(H2,63,73)/b65-50-/t31-,32-,33-,34-,35+,40-,41?,43+,44-,45-,46-,48?,49+,51-,52-,53+,54-,57+,58-,59-,60+/m1/s1. The third-order valence-electron chi connectivity index (χ3n) is 19.2. The maximum absolute atomic E-state index is 15.2. The van der Waals surface area contributed by atoms with Crippen LogP contribution in [0.1, 0.15) is 128 Å². The van der Waals surface area contributed by atoms with Gasteiger partial charge in [-0.25, -0.2) is 9.07 Å². The van der Waals surface area contributed by atoms with E-state index in [-0.39, 0.29) is 42.9 Å². The number of alkyl halides is 1. The second-order valence-corrected chi connectivity index (χ2v) is 24.5. The number of aliphatic hydroxyl groups excluding tert-OH is 2. The number of likely N-dealkylation sites (N-methyl/N-ethyl adjacent to an activating group) is 1. The summed E-state index contributed by atoms with van der Waals surface area (Å²) in [5.74, 6) is -5.05. The molecule has 0 saturated carbocycles. The van der Waals surface area contributed by atoms with E-state index in [2.05, 4.69) is 29.1 Å². The van der Waals surface area contributed by atoms with Gasteiger partial charge in [0.25, 0.3) is 5.91 Å². The van der Waals surface area contributed by atoms with E-state index in [4.69, 9.17) is 54.4 Å². The fraction of sp³-hybridized carbons (Fsp3) is 0.717. The van der Waals surface area contributed by atoms with Crippen molar-refractivity contribution >= 4 is 23.6 Å². The zero-order valence-corrected chi connectivity index (χ0v) is 50.0. The van der Waals surface area contributed by atoms with Gasteiger partial charge in [-0.15, -0.1) is 5.10 Å². The largest absolute Gasteiger partial charge is 0.458 e. The SMILES string of the molecule is CC[C@H]1OC(=O)[C@H](C)C([C@H]2C[C@@](C)(OC)[C@@H](O)[C@H](C)O2)[C@@H]2C(N)C/N=C(/[C@H](C)C[C@@](C)(OC)[C@@H]2O[C@@H]2O[C@H](C)C[C@H](N(C)CCc3cn([C@H](CF)[C@H](OC)c4ccc(-c5ccc(C(N)=O)nc5)cc4)nn3)[C@H]2O)[C@H](C)[C@H]2CC(=O)O[C@@]21C. The topological polar surface area (TPSA) is 277 Å². The summed E-state index contributed by atoms with van der Waals surface area (Å²) in [6, 6.07) is 8.62. The number of hydrogen-bond acceptors (Lipinski definition) is 19. The van der Waals surface area contributed by atoms with Crippen LogP contribution in [0, 0.1) is 35.5 Å². The molecule has 5 aliphatic heterocycles. The first-order valence-corrected chi connectivity index (χ1v) is 29.1. The maximum atomic E-state index is 15.2. The summed E-state index contributed by atoms with van der Waals surface area (Å²) in [4.78, 5) is 51.7. The quantitative estimate of drug-likeness (QED) is 0.124. The van der Waals surface area contributed by atoms with E-state index in [1.165, 1.54) is 11.8 Å². The number of amides is 1. The Bertz CT molecular complexity index is 2700. The summed E-state index contributed by atoms with van der Waals surface area (Å²) in [5.41, 5.74) is 13.4. The monoisotopic (exact) mass is 1150 g/mol. The number of rotatable bonds is 17. The number of carbonyl (C=O) groups is 3. The minimum atomic E-state index is -1.23. The normalized spacial score (nSPS) is 38.8. The molecular weight excluding hydrogens is 1060 g/mol. The first-order chi connectivity index (χ1) is 38.8. The van der Waals surface area contributed by atoms with Gasteiger partial charge in [-0.1, -0.05) is 63.2 Å². The number of carbonyl (C=O) groups excluding carboxylic acids is 3. The molecule has 454 valence electrons. The highest BCUT2D eigenvalue weighted by Crippen LogP contribution is 2.50. The number of pyridine rings is 1. The van der Waals surface area contributed by atoms with Crippen LogP contribution in [0.5, 0.6) is 0 Å². The van der Waals surface area contributed by atoms with Gasteiger partial charge in [0.15, 0.2) is 6.29 Å². The maximum Gasteiger partial charge on any atom is 0.309 e. The molecule has 2 aromatic heterocycles. The van der Waals surface area contributed by atoms with Crippen LogP contribution < -0.4 is 11.5 Å². The molecule has 2 bridgehead atoms. The molecule has 1 amide bonds. The van der Waals surface area contributed by atoms with Gasteiger partial charge in [0.05, 0.1) is 60.2 Å². The molecule has 21 atom stereocenters. The molecule has 6 N–H and O–H groups in total. The number of nitrogens with two attached hydrogens (primary N) is 2. The van der Waals surface area contributed by atoms with Gasteiger partial charge in [-0.2, -0.15) is 0 Å². The summed E-state index contributed by atoms with van der Waals surface area (Å²) in [7, 11) is 6.60. The Morgan fingerprint density at radius 2 is 1.65 bits per heavy atom. The van der Waals surface area contributed by atoms with Crippen molar-refractivity contribution in [3.05, 3.63) is 65.7 Å². The molecule has 0 spiro atoms. The van der Waals surface area contributed by atoms with Crippen molar-refractivity contribution in [3.63, 3.8) is 0 Å². The number of nitrogens with zero attached hydrogens (tertiary/aromatic N) is 6. The van der Waals surface area contributed by atoms with E-state index in [1.54, 1.807) is 52.6 Å². The summed E-state index contributed by atoms with van der Waals surface area (Å²) >= 11 is 0. The number of esters is 2. The Morgan fingerprint density at radius 3 is 2.27 bits per heavy atom. The molecule has 2 unspecified atom stereocenters. The predicted octanol–water partition coefficient (Wildman–Crippen LogP) is 5.38. The first kappa shape index (κ1) is 63.1. The number of methoxy groups -OCH3 is 3. The van der Waals surface area contributed by atoms with E-state index >= 15 is 9.18 Å². The molecule has 7 heterocycles. The van der Waals surface area contributed by atoms with Crippen LogP contribution in [0.15, 0.2) is 53.8 Å². The molecule has 82 heavy (non-hydrogen) atoms. The molecule has 3 fully saturated rings. The van der Waals surface area contributed by atoms with Crippen LogP contribution in [0.25, 0.3) is 11.1 Å². The second kappa shape index (κ2) is 25.8. The lowest BCUT2D eigenvalue weighted by atomic mass is 9.65. The van der Waals surface area contributed by atoms with Gasteiger partial charge in [0, 0.05) is 100 Å². The molecular formula is C60H89FN8O13. The summed E-state index contributed by atoms with van der Waals surface area (Å²) in [5, 5.41) is 33.0. The number of primary amides is 1. The fourth-order valence-corrected chi connectivity index (χ4v) is 14.3. The van der Waals surface area contributed by atoms with Gasteiger partial charge in [-0.05, 0) is 84.0 Å². The Balaban J connectivity index is 1.08. The van der Waals surface area contributed by atoms with Gasteiger partial charge in [0.2, 0.25) is 0 Å². The molecule has 1 aromatic carbocycles. The Hall–Kier alpha value is -4.88. The molecule has 22 heteroatoms. The van der Waals surface area contributed by atoms with Crippen molar-refractivity contribution in [3.8, 4) is 11.1 Å². The van der Waals surface area contributed by atoms with Crippen LogP contribution in [-0.4, -0.2) is 185 Å². The molecule has 3 aromatic rings. The average Bonchev–Trinajstić information content (AvgIpc) is 4.25. The van der Waals surface area contributed by atoms with Crippen LogP contribution in [-0.2, 0) is 53.9 Å². The van der Waals surface area contributed by atoms with Crippen molar-refractivity contribution in [1.82, 2.24) is 24.9 Å². The van der Waals surface area contributed by atoms with Crippen LogP contribution in [0.3, 0.4) is 0 Å². The fourth-order valence-electron chi connectivity index (χ4n) is 14.3. The van der Waals surface area contributed by atoms with Crippen molar-refractivity contribution in [2.45, 2.75) is 191 Å². The smallest absolute Gasteiger partial charge is 0.309 e. The van der Waals surface area contributed by atoms with Crippen LogP contribution >= 0.6 is 0 Å². The number of hydrogen-bond donors (Lipinski definition) is 4. The summed E-state index contributed by atoms with van der Waals surface area (Å²) in [6.07, 6.45) is -2.72. The number of halogens is 1. The lowest BCUT2D eigenvalue weighted by Crippen LogP contribution is -2.65. The van der Waals surface area contributed by atoms with Crippen molar-refractivity contribution in [2.24, 2.45) is 52.0 Å². The van der Waals surface area contributed by atoms with E-state index < -0.39 is 132 Å². The van der Waals surface area contributed by atoms with E-state index in [0.717, 1.165) is 22.4 Å². The number of cyclic esters (lactones) is 1. The third kappa shape index (κ3) is 12.6. The van der Waals surface area contributed by atoms with Crippen molar-refractivity contribution < 1.29 is 66.9 Å². The molecule has 21 nitrogen and oxygen atoms in total. The van der Waals surface area contributed by atoms with Crippen molar-refractivity contribution in [1.29, 1.82) is 0 Å². The first-order valence-electron chi connectivity index (χ1n) is 29.1. The lowest BCUT2D eigenvalue weighted by Gasteiger charge is -2.53. The van der Waals surface area contributed by atoms with Gasteiger partial charge in [0.1, 0.15) is 48.4 Å². The van der Waals surface area contributed by atoms with Gasteiger partial charge < -0.3 is 64.5 Å². The van der Waals surface area contributed by atoms with E-state index in [1.807, 2.05) is 70.8 Å². The molecule has 5 aliphatic rings. The number of aliphatic imine (C=N–C) groups is 1. The number of aliphatic hydroxyl groups is 2. The van der Waals surface area contributed by atoms with Crippen molar-refractivity contribution in [2.75, 3.05) is 48.1 Å². The second-order valence-electron chi connectivity index (χ2n) is 24.5. The Kier molecular flexibility index (Phi) is 19.8. The lowest BCUT2D eigenvalue weighted by molar-refractivity contribution is -0.307. The average molecular weight is 1150 g/mol. The number of aromatic nitrogens is 4. The molecule has 8 rings (SSSR count). The minimum absolute atomic E-state index is 0.107. The number of benzene rings is 1. The van der Waals surface area contributed by atoms with Gasteiger partial charge in [-0.3, -0.25) is 24.4 Å². The third-order valence-corrected chi connectivity index (χ3v) is 19.2. The van der Waals surface area contributed by atoms with Crippen LogP contribution in [0.2, 0.25) is 0 Å².